The van der Waals surface area contributed by atoms with Crippen molar-refractivity contribution in [1.29, 1.82) is 0 Å². The molecular formula is C17H17ClFN. The summed E-state index contributed by atoms with van der Waals surface area (Å²) in [5.74, 6) is 0.433. The van der Waals surface area contributed by atoms with Crippen molar-refractivity contribution in [3.63, 3.8) is 0 Å². The van der Waals surface area contributed by atoms with E-state index in [-0.39, 0.29) is 11.9 Å². The Kier molecular flexibility index (Phi) is 3.66. The van der Waals surface area contributed by atoms with E-state index < -0.39 is 0 Å². The molecule has 0 saturated heterocycles. The van der Waals surface area contributed by atoms with Gasteiger partial charge in [0.2, 0.25) is 0 Å². The van der Waals surface area contributed by atoms with Crippen LogP contribution in [0.25, 0.3) is 0 Å². The lowest BCUT2D eigenvalue weighted by Crippen LogP contribution is -2.13. The minimum absolute atomic E-state index is 0.193. The average Bonchev–Trinajstić information content (AvgIpc) is 3.26. The minimum atomic E-state index is -0.193. The Balaban J connectivity index is 1.84. The van der Waals surface area contributed by atoms with E-state index in [1.54, 1.807) is 0 Å². The third-order valence-corrected chi connectivity index (χ3v) is 4.22. The van der Waals surface area contributed by atoms with Gasteiger partial charge in [-0.3, -0.25) is 0 Å². The van der Waals surface area contributed by atoms with Crippen LogP contribution in [0.4, 0.5) is 10.1 Å². The van der Waals surface area contributed by atoms with Crippen LogP contribution in [-0.4, -0.2) is 0 Å². The molecule has 0 spiro atoms. The zero-order valence-electron chi connectivity index (χ0n) is 11.4. The highest BCUT2D eigenvalue weighted by atomic mass is 35.5. The number of benzene rings is 2. The standard InChI is InChI=1S/C17H17ClFN/c1-11-2-9-15(10-16(11)18)20-17(12-3-4-12)13-5-7-14(19)8-6-13/h2,5-10,12,17,20H,3-4H2,1H3. The molecular weight excluding hydrogens is 273 g/mol. The first-order valence-electron chi connectivity index (χ1n) is 6.91. The van der Waals surface area contributed by atoms with Gasteiger partial charge in [0.15, 0.2) is 0 Å². The minimum Gasteiger partial charge on any atom is -0.378 e. The third-order valence-electron chi connectivity index (χ3n) is 3.82. The van der Waals surface area contributed by atoms with E-state index in [0.717, 1.165) is 21.8 Å². The normalized spacial score (nSPS) is 15.9. The Morgan fingerprint density at radius 3 is 2.45 bits per heavy atom. The second-order valence-corrected chi connectivity index (χ2v) is 5.88. The van der Waals surface area contributed by atoms with E-state index in [2.05, 4.69) is 5.32 Å². The Bertz CT molecular complexity index is 605. The molecule has 1 saturated carbocycles. The molecule has 0 aliphatic heterocycles. The number of rotatable bonds is 4. The molecule has 0 amide bonds. The van der Waals surface area contributed by atoms with Gasteiger partial charge in [0.05, 0.1) is 6.04 Å². The van der Waals surface area contributed by atoms with Crippen LogP contribution in [0.5, 0.6) is 0 Å². The molecule has 3 heteroatoms. The van der Waals surface area contributed by atoms with Crippen molar-refractivity contribution >= 4 is 17.3 Å². The smallest absolute Gasteiger partial charge is 0.123 e. The molecule has 1 fully saturated rings. The van der Waals surface area contributed by atoms with Gasteiger partial charge in [0, 0.05) is 10.7 Å². The number of nitrogens with one attached hydrogen (secondary N) is 1. The number of anilines is 1. The monoisotopic (exact) mass is 289 g/mol. The van der Waals surface area contributed by atoms with Crippen molar-refractivity contribution in [1.82, 2.24) is 0 Å². The van der Waals surface area contributed by atoms with Gasteiger partial charge in [0.25, 0.3) is 0 Å². The number of hydrogen-bond acceptors (Lipinski definition) is 1. The molecule has 1 N–H and O–H groups in total. The molecule has 1 aliphatic rings. The molecule has 1 nitrogen and oxygen atoms in total. The Labute approximate surface area is 123 Å². The lowest BCUT2D eigenvalue weighted by Gasteiger charge is -2.20. The molecule has 1 atom stereocenters. The van der Waals surface area contributed by atoms with Crippen molar-refractivity contribution in [3.05, 3.63) is 64.4 Å². The van der Waals surface area contributed by atoms with E-state index >= 15 is 0 Å². The molecule has 0 bridgehead atoms. The largest absolute Gasteiger partial charge is 0.378 e. The van der Waals surface area contributed by atoms with Gasteiger partial charge < -0.3 is 5.32 Å². The molecule has 2 aromatic carbocycles. The predicted molar refractivity (Wildman–Crippen MR) is 81.7 cm³/mol. The van der Waals surface area contributed by atoms with E-state index in [4.69, 9.17) is 11.6 Å². The number of hydrogen-bond donors (Lipinski definition) is 1. The molecule has 20 heavy (non-hydrogen) atoms. The van der Waals surface area contributed by atoms with Crippen molar-refractivity contribution < 1.29 is 4.39 Å². The highest BCUT2D eigenvalue weighted by molar-refractivity contribution is 6.31. The SMILES string of the molecule is Cc1ccc(NC(c2ccc(F)cc2)C2CC2)cc1Cl. The van der Waals surface area contributed by atoms with Gasteiger partial charge in [-0.1, -0.05) is 29.8 Å². The van der Waals surface area contributed by atoms with Crippen LogP contribution >= 0.6 is 11.6 Å². The molecule has 0 radical (unpaired) electrons. The molecule has 3 rings (SSSR count). The first-order chi connectivity index (χ1) is 9.63. The van der Waals surface area contributed by atoms with Gasteiger partial charge in [-0.15, -0.1) is 0 Å². The van der Waals surface area contributed by atoms with E-state index in [1.165, 1.54) is 25.0 Å². The summed E-state index contributed by atoms with van der Waals surface area (Å²) in [6.07, 6.45) is 2.43. The highest BCUT2D eigenvalue weighted by Crippen LogP contribution is 2.43. The summed E-state index contributed by atoms with van der Waals surface area (Å²) < 4.78 is 13.1. The van der Waals surface area contributed by atoms with Gasteiger partial charge in [-0.2, -0.15) is 0 Å². The fourth-order valence-electron chi connectivity index (χ4n) is 2.44. The lowest BCUT2D eigenvalue weighted by molar-refractivity contribution is 0.622. The Morgan fingerprint density at radius 1 is 1.15 bits per heavy atom. The molecule has 0 heterocycles. The van der Waals surface area contributed by atoms with Crippen LogP contribution in [-0.2, 0) is 0 Å². The topological polar surface area (TPSA) is 12.0 Å². The quantitative estimate of drug-likeness (QED) is 0.800. The van der Waals surface area contributed by atoms with Crippen LogP contribution in [0.2, 0.25) is 5.02 Å². The third kappa shape index (κ3) is 2.96. The summed E-state index contributed by atoms with van der Waals surface area (Å²) >= 11 is 6.17. The summed E-state index contributed by atoms with van der Waals surface area (Å²) in [5.41, 5.74) is 3.22. The number of aryl methyl sites for hydroxylation is 1. The molecule has 0 aromatic heterocycles. The van der Waals surface area contributed by atoms with Crippen LogP contribution in [0.1, 0.15) is 30.0 Å². The predicted octanol–water partition coefficient (Wildman–Crippen LogP) is 5.35. The fourth-order valence-corrected chi connectivity index (χ4v) is 2.62. The first-order valence-corrected chi connectivity index (χ1v) is 7.29. The van der Waals surface area contributed by atoms with E-state index in [1.807, 2.05) is 37.3 Å². The summed E-state index contributed by atoms with van der Waals surface area (Å²) in [7, 11) is 0. The second-order valence-electron chi connectivity index (χ2n) is 5.47. The van der Waals surface area contributed by atoms with Gasteiger partial charge in [-0.25, -0.2) is 4.39 Å². The van der Waals surface area contributed by atoms with Crippen LogP contribution in [0.15, 0.2) is 42.5 Å². The Hall–Kier alpha value is -1.54. The van der Waals surface area contributed by atoms with Crippen molar-refractivity contribution in [2.24, 2.45) is 5.92 Å². The van der Waals surface area contributed by atoms with Crippen molar-refractivity contribution in [2.75, 3.05) is 5.32 Å². The van der Waals surface area contributed by atoms with Crippen molar-refractivity contribution in [2.45, 2.75) is 25.8 Å². The summed E-state index contributed by atoms with van der Waals surface area (Å²) in [5, 5.41) is 4.31. The zero-order valence-corrected chi connectivity index (χ0v) is 12.1. The molecule has 1 aliphatic carbocycles. The van der Waals surface area contributed by atoms with Crippen molar-refractivity contribution in [3.8, 4) is 0 Å². The second kappa shape index (κ2) is 5.45. The molecule has 104 valence electrons. The van der Waals surface area contributed by atoms with Gasteiger partial charge >= 0.3 is 0 Å². The average molecular weight is 290 g/mol. The van der Waals surface area contributed by atoms with E-state index in [0.29, 0.717) is 5.92 Å². The van der Waals surface area contributed by atoms with Crippen LogP contribution in [0.3, 0.4) is 0 Å². The van der Waals surface area contributed by atoms with E-state index in [9.17, 15) is 4.39 Å². The Morgan fingerprint density at radius 2 is 1.85 bits per heavy atom. The first kappa shape index (κ1) is 13.4. The maximum atomic E-state index is 13.1. The molecule has 2 aromatic rings. The van der Waals surface area contributed by atoms with Crippen LogP contribution < -0.4 is 5.32 Å². The maximum Gasteiger partial charge on any atom is 0.123 e. The zero-order chi connectivity index (χ0) is 14.1. The van der Waals surface area contributed by atoms with Crippen LogP contribution in [0, 0.1) is 18.7 Å². The summed E-state index contributed by atoms with van der Waals surface area (Å²) in [4.78, 5) is 0. The lowest BCUT2D eigenvalue weighted by atomic mass is 10.0. The van der Waals surface area contributed by atoms with Gasteiger partial charge in [-0.05, 0) is 61.1 Å². The summed E-state index contributed by atoms with van der Waals surface area (Å²) in [6, 6.07) is 13.0. The number of halogens is 2. The highest BCUT2D eigenvalue weighted by Gasteiger charge is 2.32. The summed E-state index contributed by atoms with van der Waals surface area (Å²) in [6.45, 7) is 1.99. The fraction of sp³-hybridized carbons (Fsp3) is 0.294. The molecule has 1 unspecified atom stereocenters. The van der Waals surface area contributed by atoms with Gasteiger partial charge in [0.1, 0.15) is 5.82 Å². The maximum absolute atomic E-state index is 13.1.